The maximum absolute atomic E-state index is 13.6. The minimum Gasteiger partial charge on any atom is -0.462 e. The highest BCUT2D eigenvalue weighted by atomic mass is 32.1. The molecule has 2 atom stereocenters. The predicted octanol–water partition coefficient (Wildman–Crippen LogP) is 5.02. The van der Waals surface area contributed by atoms with Crippen molar-refractivity contribution < 1.29 is 14.3 Å². The molecule has 4 aliphatic carbocycles. The van der Waals surface area contributed by atoms with Crippen LogP contribution in [0.2, 0.25) is 0 Å². The van der Waals surface area contributed by atoms with Gasteiger partial charge in [0, 0.05) is 18.7 Å². The molecule has 5 nitrogen and oxygen atoms in total. The molecule has 3 aliphatic heterocycles. The lowest BCUT2D eigenvalue weighted by molar-refractivity contribution is -0.127. The Morgan fingerprint density at radius 3 is 2.53 bits per heavy atom. The van der Waals surface area contributed by atoms with Crippen molar-refractivity contribution >= 4 is 33.2 Å². The highest BCUT2D eigenvalue weighted by Crippen LogP contribution is 2.66. The third-order valence-electron chi connectivity index (χ3n) is 8.54. The first kappa shape index (κ1) is 19.1. The number of esters is 1. The first-order chi connectivity index (χ1) is 14.4. The smallest absolute Gasteiger partial charge is 0.341 e. The van der Waals surface area contributed by atoms with Gasteiger partial charge < -0.3 is 15.0 Å². The van der Waals surface area contributed by atoms with Crippen molar-refractivity contribution in [3.63, 3.8) is 0 Å². The molecule has 5 fully saturated rings. The van der Waals surface area contributed by atoms with Crippen molar-refractivity contribution in [3.8, 4) is 0 Å². The highest BCUT2D eigenvalue weighted by molar-refractivity contribution is 7.21. The molecule has 1 aromatic heterocycles. The number of amides is 1. The standard InChI is InChI=1S/C24H32N2O3S/c1-13(2)12-29-22(27)19-18-16-3-5-26(6-4-16)21(18)30-20(19)25-23(28)24-10-14-7-15(11-24)9-17(24)8-14/h13-17H,3-12H2,1-2H3,(H,25,28). The number of hydrogen-bond acceptors (Lipinski definition) is 5. The van der Waals surface area contributed by atoms with Gasteiger partial charge in [0.1, 0.15) is 5.00 Å². The lowest BCUT2D eigenvalue weighted by Gasteiger charge is -2.40. The Hall–Kier alpha value is -1.56. The van der Waals surface area contributed by atoms with E-state index in [1.807, 2.05) is 0 Å². The molecule has 2 unspecified atom stereocenters. The Morgan fingerprint density at radius 2 is 1.87 bits per heavy atom. The van der Waals surface area contributed by atoms with Gasteiger partial charge in [0.2, 0.25) is 5.91 Å². The normalized spacial score (nSPS) is 33.4. The Kier molecular flexibility index (Phi) is 4.29. The zero-order valence-corrected chi connectivity index (χ0v) is 18.9. The van der Waals surface area contributed by atoms with Crippen molar-refractivity contribution in [1.29, 1.82) is 0 Å². The van der Waals surface area contributed by atoms with Gasteiger partial charge in [0.15, 0.2) is 0 Å². The van der Waals surface area contributed by atoms with Gasteiger partial charge in [-0.25, -0.2) is 4.79 Å². The second kappa shape index (κ2) is 6.72. The molecule has 8 rings (SSSR count). The van der Waals surface area contributed by atoms with Crippen LogP contribution in [0.1, 0.15) is 80.6 Å². The maximum Gasteiger partial charge on any atom is 0.341 e. The van der Waals surface area contributed by atoms with E-state index >= 15 is 0 Å². The monoisotopic (exact) mass is 428 g/mol. The van der Waals surface area contributed by atoms with Gasteiger partial charge in [-0.1, -0.05) is 25.2 Å². The maximum atomic E-state index is 13.6. The number of anilines is 2. The van der Waals surface area contributed by atoms with Crippen LogP contribution in [0.4, 0.5) is 10.0 Å². The fraction of sp³-hybridized carbons (Fsp3) is 0.750. The summed E-state index contributed by atoms with van der Waals surface area (Å²) < 4.78 is 5.68. The molecule has 0 spiro atoms. The molecule has 4 heterocycles. The third kappa shape index (κ3) is 2.71. The van der Waals surface area contributed by atoms with E-state index in [9.17, 15) is 9.59 Å². The van der Waals surface area contributed by atoms with Crippen LogP contribution in [0, 0.1) is 29.1 Å². The summed E-state index contributed by atoms with van der Waals surface area (Å²) in [5.41, 5.74) is 1.63. The first-order valence-corrected chi connectivity index (χ1v) is 12.7. The molecule has 0 radical (unpaired) electrons. The number of rotatable bonds is 5. The van der Waals surface area contributed by atoms with Crippen LogP contribution in [0.25, 0.3) is 0 Å². The zero-order valence-electron chi connectivity index (χ0n) is 18.0. The van der Waals surface area contributed by atoms with Crippen molar-refractivity contribution in [2.75, 3.05) is 29.9 Å². The van der Waals surface area contributed by atoms with E-state index in [-0.39, 0.29) is 17.3 Å². The summed E-state index contributed by atoms with van der Waals surface area (Å²) in [6.45, 7) is 6.64. The van der Waals surface area contributed by atoms with Crippen LogP contribution >= 0.6 is 11.3 Å². The second-order valence-corrected chi connectivity index (χ2v) is 11.9. The van der Waals surface area contributed by atoms with Gasteiger partial charge in [0.05, 0.1) is 22.6 Å². The van der Waals surface area contributed by atoms with Gasteiger partial charge in [-0.2, -0.15) is 0 Å². The quantitative estimate of drug-likeness (QED) is 0.669. The number of carbonyl (C=O) groups excluding carboxylic acids is 2. The van der Waals surface area contributed by atoms with Crippen molar-refractivity contribution in [2.24, 2.45) is 29.1 Å². The summed E-state index contributed by atoms with van der Waals surface area (Å²) in [4.78, 5) is 29.2. The van der Waals surface area contributed by atoms with Gasteiger partial charge in [-0.15, -0.1) is 0 Å². The molecule has 0 aromatic carbocycles. The SMILES string of the molecule is CC(C)COC(=O)c1c(NC(=O)C23CC4CC(CC2C4)C3)sc2c1C1CCN2CC1. The number of ether oxygens (including phenoxy) is 1. The average molecular weight is 429 g/mol. The number of nitrogens with zero attached hydrogens (tertiary/aromatic N) is 1. The second-order valence-electron chi connectivity index (χ2n) is 10.9. The summed E-state index contributed by atoms with van der Waals surface area (Å²) in [7, 11) is 0. The fourth-order valence-electron chi connectivity index (χ4n) is 7.42. The predicted molar refractivity (Wildman–Crippen MR) is 118 cm³/mol. The van der Waals surface area contributed by atoms with Gasteiger partial charge in [0.25, 0.3) is 0 Å². The summed E-state index contributed by atoms with van der Waals surface area (Å²) in [6, 6.07) is 0. The zero-order chi connectivity index (χ0) is 20.6. The topological polar surface area (TPSA) is 58.6 Å². The molecular weight excluding hydrogens is 396 g/mol. The number of carbonyl (C=O) groups is 2. The summed E-state index contributed by atoms with van der Waals surface area (Å²) in [5, 5.41) is 5.24. The molecule has 162 valence electrons. The Morgan fingerprint density at radius 1 is 1.17 bits per heavy atom. The highest BCUT2D eigenvalue weighted by Gasteiger charge is 2.61. The first-order valence-electron chi connectivity index (χ1n) is 11.8. The lowest BCUT2D eigenvalue weighted by atomic mass is 9.75. The van der Waals surface area contributed by atoms with E-state index in [1.165, 1.54) is 24.3 Å². The van der Waals surface area contributed by atoms with Crippen LogP contribution in [-0.4, -0.2) is 31.6 Å². The summed E-state index contributed by atoms with van der Waals surface area (Å²) in [6.07, 6.45) is 8.06. The third-order valence-corrected chi connectivity index (χ3v) is 9.72. The van der Waals surface area contributed by atoms with E-state index in [4.69, 9.17) is 4.74 Å². The Balaban J connectivity index is 1.34. The van der Waals surface area contributed by atoms with Crippen LogP contribution in [0.15, 0.2) is 0 Å². The Labute approximate surface area is 182 Å². The molecule has 4 saturated carbocycles. The fourth-order valence-corrected chi connectivity index (χ4v) is 8.74. The van der Waals surface area contributed by atoms with Crippen LogP contribution in [0.3, 0.4) is 0 Å². The number of piperidine rings is 1. The molecule has 6 bridgehead atoms. The molecule has 1 amide bonds. The van der Waals surface area contributed by atoms with E-state index in [0.717, 1.165) is 61.2 Å². The molecule has 1 N–H and O–H groups in total. The van der Waals surface area contributed by atoms with Gasteiger partial charge in [-0.05, 0) is 74.5 Å². The van der Waals surface area contributed by atoms with Crippen LogP contribution in [0.5, 0.6) is 0 Å². The number of hydrogen-bond donors (Lipinski definition) is 1. The Bertz CT molecular complexity index is 885. The average Bonchev–Trinajstić information content (AvgIpc) is 3.32. The van der Waals surface area contributed by atoms with E-state index in [1.54, 1.807) is 11.3 Å². The van der Waals surface area contributed by atoms with Gasteiger partial charge in [-0.3, -0.25) is 4.79 Å². The molecule has 6 heteroatoms. The molecule has 1 aromatic rings. The van der Waals surface area contributed by atoms with Crippen molar-refractivity contribution in [1.82, 2.24) is 0 Å². The van der Waals surface area contributed by atoms with E-state index in [2.05, 4.69) is 24.1 Å². The minimum atomic E-state index is -0.250. The largest absolute Gasteiger partial charge is 0.462 e. The van der Waals surface area contributed by atoms with E-state index in [0.29, 0.717) is 29.9 Å². The van der Waals surface area contributed by atoms with Crippen LogP contribution in [-0.2, 0) is 9.53 Å². The molecular formula is C24H32N2O3S. The molecule has 1 saturated heterocycles. The lowest BCUT2D eigenvalue weighted by Crippen LogP contribution is -2.38. The van der Waals surface area contributed by atoms with Crippen LogP contribution < -0.4 is 10.2 Å². The van der Waals surface area contributed by atoms with Crippen molar-refractivity contribution in [3.05, 3.63) is 11.1 Å². The van der Waals surface area contributed by atoms with Gasteiger partial charge >= 0.3 is 5.97 Å². The molecule has 7 aliphatic rings. The number of nitrogens with one attached hydrogen (secondary N) is 1. The number of fused-ring (bicyclic) bond motifs is 2. The summed E-state index contributed by atoms with van der Waals surface area (Å²) in [5.74, 6) is 2.67. The van der Waals surface area contributed by atoms with E-state index < -0.39 is 0 Å². The summed E-state index contributed by atoms with van der Waals surface area (Å²) >= 11 is 1.61. The minimum absolute atomic E-state index is 0.177. The molecule has 30 heavy (non-hydrogen) atoms. The number of thiophene rings is 1. The van der Waals surface area contributed by atoms with Crippen molar-refractivity contribution in [2.45, 2.75) is 64.7 Å².